The Hall–Kier alpha value is -2.44. The molecule has 7 heteroatoms. The smallest absolute Gasteiger partial charge is 0.337 e. The van der Waals surface area contributed by atoms with Gasteiger partial charge >= 0.3 is 6.18 Å². The minimum absolute atomic E-state index is 0.168. The number of nitrogens with zero attached hydrogens (tertiary/aromatic N) is 3. The monoisotopic (exact) mass is 363 g/mol. The van der Waals surface area contributed by atoms with E-state index in [1.54, 1.807) is 11.0 Å². The Morgan fingerprint density at radius 2 is 2.04 bits per heavy atom. The first-order chi connectivity index (χ1) is 12.4. The SMILES string of the molecule is O=C(c1cnccn1)N1CCC[C@@H](CCc2ccccc2C(F)(F)F)C1. The molecule has 1 fully saturated rings. The average Bonchev–Trinajstić information content (AvgIpc) is 2.66. The first-order valence-corrected chi connectivity index (χ1v) is 8.65. The number of hydrogen-bond acceptors (Lipinski definition) is 3. The lowest BCUT2D eigenvalue weighted by molar-refractivity contribution is -0.138. The van der Waals surface area contributed by atoms with Crippen LogP contribution in [0.4, 0.5) is 13.2 Å². The lowest BCUT2D eigenvalue weighted by Crippen LogP contribution is -2.40. The van der Waals surface area contributed by atoms with Gasteiger partial charge in [-0.15, -0.1) is 0 Å². The maximum Gasteiger partial charge on any atom is 0.416 e. The highest BCUT2D eigenvalue weighted by Gasteiger charge is 2.33. The van der Waals surface area contributed by atoms with Crippen molar-refractivity contribution in [2.75, 3.05) is 13.1 Å². The predicted molar refractivity (Wildman–Crippen MR) is 90.4 cm³/mol. The number of halogens is 3. The summed E-state index contributed by atoms with van der Waals surface area (Å²) in [6, 6.07) is 5.71. The van der Waals surface area contributed by atoms with E-state index in [-0.39, 0.29) is 11.8 Å². The van der Waals surface area contributed by atoms with Crippen LogP contribution < -0.4 is 0 Å². The largest absolute Gasteiger partial charge is 0.416 e. The zero-order valence-electron chi connectivity index (χ0n) is 14.2. The quantitative estimate of drug-likeness (QED) is 0.825. The Balaban J connectivity index is 1.62. The molecular formula is C19H20F3N3O. The van der Waals surface area contributed by atoms with Crippen molar-refractivity contribution in [2.45, 2.75) is 31.9 Å². The summed E-state index contributed by atoms with van der Waals surface area (Å²) in [5.41, 5.74) is 0.0521. The molecule has 1 saturated heterocycles. The van der Waals surface area contributed by atoms with Crippen molar-refractivity contribution in [1.82, 2.24) is 14.9 Å². The van der Waals surface area contributed by atoms with E-state index < -0.39 is 11.7 Å². The Bertz CT molecular complexity index is 749. The standard InChI is InChI=1S/C19H20F3N3O/c20-19(21,22)16-6-2-1-5-15(16)8-7-14-4-3-11-25(13-14)18(26)17-12-23-9-10-24-17/h1-2,5-6,9-10,12,14H,3-4,7-8,11,13H2/t14-/m0/s1. The maximum absolute atomic E-state index is 13.1. The van der Waals surface area contributed by atoms with Gasteiger partial charge in [0.15, 0.2) is 0 Å². The van der Waals surface area contributed by atoms with Crippen molar-refractivity contribution in [1.29, 1.82) is 0 Å². The molecule has 0 aliphatic carbocycles. The molecule has 0 unspecified atom stereocenters. The Labute approximate surface area is 150 Å². The van der Waals surface area contributed by atoms with E-state index >= 15 is 0 Å². The van der Waals surface area contributed by atoms with Gasteiger partial charge in [0.1, 0.15) is 5.69 Å². The van der Waals surface area contributed by atoms with E-state index in [2.05, 4.69) is 9.97 Å². The number of aromatic nitrogens is 2. The molecular weight excluding hydrogens is 343 g/mol. The molecule has 1 aliphatic heterocycles. The van der Waals surface area contributed by atoms with Crippen molar-refractivity contribution in [3.05, 3.63) is 59.7 Å². The number of carbonyl (C=O) groups excluding carboxylic acids is 1. The van der Waals surface area contributed by atoms with Crippen LogP contribution in [0.3, 0.4) is 0 Å². The number of carbonyl (C=O) groups is 1. The second kappa shape index (κ2) is 7.85. The van der Waals surface area contributed by atoms with E-state index in [4.69, 9.17) is 0 Å². The molecule has 1 aliphatic rings. The minimum Gasteiger partial charge on any atom is -0.337 e. The highest BCUT2D eigenvalue weighted by atomic mass is 19.4. The Morgan fingerprint density at radius 3 is 2.77 bits per heavy atom. The number of amides is 1. The molecule has 1 aromatic carbocycles. The van der Waals surface area contributed by atoms with E-state index in [0.717, 1.165) is 18.9 Å². The number of hydrogen-bond donors (Lipinski definition) is 0. The van der Waals surface area contributed by atoms with Gasteiger partial charge in [-0.25, -0.2) is 4.98 Å². The molecule has 3 rings (SSSR count). The van der Waals surface area contributed by atoms with E-state index in [1.165, 1.54) is 30.7 Å². The fraction of sp³-hybridized carbons (Fsp3) is 0.421. The lowest BCUT2D eigenvalue weighted by atomic mass is 9.90. The fourth-order valence-corrected chi connectivity index (χ4v) is 3.43. The highest BCUT2D eigenvalue weighted by molar-refractivity contribution is 5.92. The topological polar surface area (TPSA) is 46.1 Å². The zero-order chi connectivity index (χ0) is 18.6. The van der Waals surface area contributed by atoms with E-state index in [1.807, 2.05) is 0 Å². The first kappa shape index (κ1) is 18.4. The molecule has 0 N–H and O–H groups in total. The summed E-state index contributed by atoms with van der Waals surface area (Å²) in [5, 5.41) is 0. The van der Waals surface area contributed by atoms with Gasteiger partial charge in [0.25, 0.3) is 5.91 Å². The second-order valence-corrected chi connectivity index (χ2v) is 6.54. The van der Waals surface area contributed by atoms with Crippen molar-refractivity contribution in [2.24, 2.45) is 5.92 Å². The molecule has 0 bridgehead atoms. The molecule has 2 aromatic rings. The third-order valence-electron chi connectivity index (χ3n) is 4.73. The van der Waals surface area contributed by atoms with Crippen molar-refractivity contribution >= 4 is 5.91 Å². The summed E-state index contributed by atoms with van der Waals surface area (Å²) in [6.07, 6.45) is 2.82. The minimum atomic E-state index is -4.34. The van der Waals surface area contributed by atoms with Crippen LogP contribution in [-0.4, -0.2) is 33.9 Å². The third-order valence-corrected chi connectivity index (χ3v) is 4.73. The normalized spacial score (nSPS) is 18.0. The molecule has 1 amide bonds. The number of benzene rings is 1. The fourth-order valence-electron chi connectivity index (χ4n) is 3.43. The van der Waals surface area contributed by atoms with Crippen LogP contribution in [0, 0.1) is 5.92 Å². The third kappa shape index (κ3) is 4.39. The van der Waals surface area contributed by atoms with E-state index in [0.29, 0.717) is 37.2 Å². The molecule has 138 valence electrons. The van der Waals surface area contributed by atoms with Crippen molar-refractivity contribution < 1.29 is 18.0 Å². The van der Waals surface area contributed by atoms with E-state index in [9.17, 15) is 18.0 Å². The number of piperidine rings is 1. The van der Waals surface area contributed by atoms with Crippen molar-refractivity contribution in [3.63, 3.8) is 0 Å². The number of likely N-dealkylation sites (tertiary alicyclic amines) is 1. The second-order valence-electron chi connectivity index (χ2n) is 6.54. The number of aryl methyl sites for hydroxylation is 1. The molecule has 0 saturated carbocycles. The summed E-state index contributed by atoms with van der Waals surface area (Å²) in [4.78, 5) is 22.2. The van der Waals surface area contributed by atoms with Gasteiger partial charge in [-0.2, -0.15) is 13.2 Å². The lowest BCUT2D eigenvalue weighted by Gasteiger charge is -2.32. The summed E-state index contributed by atoms with van der Waals surface area (Å²) in [5.74, 6) is 0.0177. The molecule has 1 atom stereocenters. The van der Waals surface area contributed by atoms with Gasteiger partial charge in [0.05, 0.1) is 11.8 Å². The van der Waals surface area contributed by atoms with Gasteiger partial charge in [-0.3, -0.25) is 9.78 Å². The first-order valence-electron chi connectivity index (χ1n) is 8.65. The van der Waals surface area contributed by atoms with Crippen LogP contribution in [0.25, 0.3) is 0 Å². The molecule has 26 heavy (non-hydrogen) atoms. The van der Waals surface area contributed by atoms with Gasteiger partial charge < -0.3 is 4.90 Å². The summed E-state index contributed by atoms with van der Waals surface area (Å²) < 4.78 is 39.3. The number of alkyl halides is 3. The van der Waals surface area contributed by atoms with Gasteiger partial charge in [0, 0.05) is 25.5 Å². The molecule has 1 aromatic heterocycles. The van der Waals surface area contributed by atoms with Gasteiger partial charge in [0.2, 0.25) is 0 Å². The summed E-state index contributed by atoms with van der Waals surface area (Å²) >= 11 is 0. The molecule has 2 heterocycles. The predicted octanol–water partition coefficient (Wildman–Crippen LogP) is 3.98. The Morgan fingerprint density at radius 1 is 1.23 bits per heavy atom. The summed E-state index contributed by atoms with van der Waals surface area (Å²) in [6.45, 7) is 1.19. The van der Waals surface area contributed by atoms with Crippen LogP contribution in [-0.2, 0) is 12.6 Å². The van der Waals surface area contributed by atoms with Crippen molar-refractivity contribution in [3.8, 4) is 0 Å². The van der Waals surface area contributed by atoms with Crippen LogP contribution in [0.5, 0.6) is 0 Å². The van der Waals surface area contributed by atoms with Crippen LogP contribution in [0.2, 0.25) is 0 Å². The number of rotatable bonds is 4. The molecule has 4 nitrogen and oxygen atoms in total. The van der Waals surface area contributed by atoms with Crippen LogP contribution >= 0.6 is 0 Å². The average molecular weight is 363 g/mol. The zero-order valence-corrected chi connectivity index (χ0v) is 14.2. The van der Waals surface area contributed by atoms with Crippen LogP contribution in [0.1, 0.15) is 40.9 Å². The maximum atomic E-state index is 13.1. The van der Waals surface area contributed by atoms with Gasteiger partial charge in [-0.05, 0) is 43.2 Å². The van der Waals surface area contributed by atoms with Crippen LogP contribution in [0.15, 0.2) is 42.9 Å². The summed E-state index contributed by atoms with van der Waals surface area (Å²) in [7, 11) is 0. The highest BCUT2D eigenvalue weighted by Crippen LogP contribution is 2.33. The van der Waals surface area contributed by atoms with Gasteiger partial charge in [-0.1, -0.05) is 18.2 Å². The molecule has 0 radical (unpaired) electrons. The Kier molecular flexibility index (Phi) is 5.54. The molecule has 0 spiro atoms.